The van der Waals surface area contributed by atoms with Gasteiger partial charge in [0.05, 0.1) is 14.1 Å². The molecule has 1 atom stereocenters. The topological polar surface area (TPSA) is 122 Å². The highest BCUT2D eigenvalue weighted by molar-refractivity contribution is 5.81. The zero-order valence-electron chi connectivity index (χ0n) is 47.5. The first kappa shape index (κ1) is 67.8. The van der Waals surface area contributed by atoms with E-state index in [1.807, 2.05) is 0 Å². The molecule has 0 radical (unpaired) electrons. The van der Waals surface area contributed by atoms with E-state index >= 15 is 0 Å². The number of carboxylic acid groups (broad SMARTS) is 1. The lowest BCUT2D eigenvalue weighted by molar-refractivity contribution is -0.836. The lowest BCUT2D eigenvalue weighted by atomic mass is 10.0. The van der Waals surface area contributed by atoms with Crippen molar-refractivity contribution in [3.8, 4) is 0 Å². The molecule has 0 saturated heterocycles. The number of ether oxygens (including phenoxy) is 1. The second-order valence-corrected chi connectivity index (χ2v) is 21.6. The summed E-state index contributed by atoms with van der Waals surface area (Å²) in [6.45, 7) is 10.8. The van der Waals surface area contributed by atoms with Crippen LogP contribution in [-0.2, 0) is 19.1 Å². The van der Waals surface area contributed by atoms with Gasteiger partial charge in [-0.1, -0.05) is 231 Å². The summed E-state index contributed by atoms with van der Waals surface area (Å²) < 4.78 is 5.54. The Morgan fingerprint density at radius 3 is 1.13 bits per heavy atom. The maximum atomic E-state index is 14.1. The number of carbonyl (C=O) groups excluding carboxylic acids is 3. The van der Waals surface area contributed by atoms with Crippen molar-refractivity contribution in [2.75, 3.05) is 14.1 Å². The number of hydrogen-bond acceptors (Lipinski definition) is 5. The molecule has 71 heavy (non-hydrogen) atoms. The summed E-state index contributed by atoms with van der Waals surface area (Å²) in [5.41, 5.74) is 0. The number of amides is 3. The molecule has 9 heteroatoms. The Morgan fingerprint density at radius 2 is 0.789 bits per heavy atom. The molecule has 3 amide bonds. The van der Waals surface area contributed by atoms with Gasteiger partial charge in [-0.3, -0.25) is 9.59 Å². The Kier molecular flexibility index (Phi) is 45.6. The van der Waals surface area contributed by atoms with E-state index in [0.29, 0.717) is 25.7 Å². The average molecular weight is 998 g/mol. The van der Waals surface area contributed by atoms with Crippen molar-refractivity contribution < 1.29 is 33.5 Å². The van der Waals surface area contributed by atoms with Gasteiger partial charge in [0.1, 0.15) is 0 Å². The van der Waals surface area contributed by atoms with Crippen LogP contribution in [-0.4, -0.2) is 59.5 Å². The summed E-state index contributed by atoms with van der Waals surface area (Å²) in [6, 6.07) is -1.03. The van der Waals surface area contributed by atoms with Gasteiger partial charge in [-0.25, -0.2) is 9.28 Å². The molecule has 9 nitrogen and oxygen atoms in total. The highest BCUT2D eigenvalue weighted by atomic mass is 16.6. The summed E-state index contributed by atoms with van der Waals surface area (Å²) in [5, 5.41) is 16.2. The van der Waals surface area contributed by atoms with E-state index in [4.69, 9.17) is 4.74 Å². The molecule has 412 valence electrons. The van der Waals surface area contributed by atoms with Crippen LogP contribution in [0.25, 0.3) is 0 Å². The quantitative estimate of drug-likeness (QED) is 0.0242. The number of hydrogen-bond donors (Lipinski definition) is 3. The molecule has 0 bridgehead atoms. The van der Waals surface area contributed by atoms with Crippen LogP contribution in [0.1, 0.15) is 291 Å². The molecule has 0 saturated carbocycles. The average Bonchev–Trinajstić information content (AvgIpc) is 3.33. The SMILES string of the molecule is CCCCCC=CCC=CCCCCCCCC(=O)NC(CC)(NC(=O)CCCCCCCC=CCC=CCCCCC)OC(=O)[N+](C)(C)C(CCCCCCCCCCCCCCCC(C)C)C(=O)O. The van der Waals surface area contributed by atoms with E-state index < -0.39 is 28.4 Å². The molecule has 0 fully saturated rings. The number of quaternary nitrogens is 1. The lowest BCUT2D eigenvalue weighted by Crippen LogP contribution is -2.66. The van der Waals surface area contributed by atoms with E-state index in [-0.39, 0.29) is 31.1 Å². The maximum absolute atomic E-state index is 14.1. The maximum Gasteiger partial charge on any atom is 0.519 e. The summed E-state index contributed by atoms with van der Waals surface area (Å²) in [5.74, 6) is -2.66. The minimum absolute atomic E-state index is 0.0940. The van der Waals surface area contributed by atoms with Crippen LogP contribution in [0.3, 0.4) is 0 Å². The van der Waals surface area contributed by atoms with Crippen LogP contribution in [0.15, 0.2) is 48.6 Å². The smallest absolute Gasteiger partial charge is 0.477 e. The number of rotatable bonds is 50. The number of aliphatic carboxylic acids is 1. The van der Waals surface area contributed by atoms with Crippen LogP contribution in [0.4, 0.5) is 4.79 Å². The van der Waals surface area contributed by atoms with E-state index in [0.717, 1.165) is 102 Å². The number of nitrogens with one attached hydrogen (secondary N) is 2. The van der Waals surface area contributed by atoms with Crippen molar-refractivity contribution in [1.82, 2.24) is 10.6 Å². The van der Waals surface area contributed by atoms with Gasteiger partial charge in [-0.15, -0.1) is 0 Å². The fraction of sp³-hybridized carbons (Fsp3) is 0.806. The Labute approximate surface area is 438 Å². The van der Waals surface area contributed by atoms with Crippen LogP contribution >= 0.6 is 0 Å². The van der Waals surface area contributed by atoms with Gasteiger partial charge in [0.15, 0.2) is 6.04 Å². The monoisotopic (exact) mass is 997 g/mol. The molecule has 0 aromatic carbocycles. The van der Waals surface area contributed by atoms with Gasteiger partial charge >= 0.3 is 12.1 Å². The summed E-state index contributed by atoms with van der Waals surface area (Å²) in [7, 11) is 3.11. The Morgan fingerprint density at radius 1 is 0.465 bits per heavy atom. The zero-order chi connectivity index (χ0) is 52.5. The number of carbonyl (C=O) groups is 4. The predicted molar refractivity (Wildman–Crippen MR) is 302 cm³/mol. The van der Waals surface area contributed by atoms with Gasteiger partial charge in [0.25, 0.3) is 5.85 Å². The van der Waals surface area contributed by atoms with Gasteiger partial charge < -0.3 is 20.5 Å². The third kappa shape index (κ3) is 40.9. The Hall–Kier alpha value is -3.20. The van der Waals surface area contributed by atoms with Crippen LogP contribution in [0, 0.1) is 5.92 Å². The molecular formula is C62H114N3O6+. The van der Waals surface area contributed by atoms with Gasteiger partial charge in [-0.2, -0.15) is 4.79 Å². The molecule has 0 rings (SSSR count). The van der Waals surface area contributed by atoms with Crippen LogP contribution < -0.4 is 10.6 Å². The highest BCUT2D eigenvalue weighted by Gasteiger charge is 2.47. The predicted octanol–water partition coefficient (Wildman–Crippen LogP) is 18.1. The van der Waals surface area contributed by atoms with Crippen LogP contribution in [0.5, 0.6) is 0 Å². The molecule has 0 aromatic heterocycles. The molecule has 1 unspecified atom stereocenters. The number of nitrogens with zero attached hydrogens (tertiary/aromatic N) is 1. The number of allylic oxidation sites excluding steroid dienone is 8. The summed E-state index contributed by atoms with van der Waals surface area (Å²) in [6.07, 6.45) is 58.8. The van der Waals surface area contributed by atoms with E-state index in [1.165, 1.54) is 116 Å². The first-order valence-corrected chi connectivity index (χ1v) is 29.9. The van der Waals surface area contributed by atoms with Crippen molar-refractivity contribution >= 4 is 23.9 Å². The third-order valence-electron chi connectivity index (χ3n) is 13.9. The second-order valence-electron chi connectivity index (χ2n) is 21.6. The fourth-order valence-corrected chi connectivity index (χ4v) is 9.05. The summed E-state index contributed by atoms with van der Waals surface area (Å²) in [4.78, 5) is 53.8. The van der Waals surface area contributed by atoms with Crippen molar-refractivity contribution in [3.05, 3.63) is 48.6 Å². The first-order valence-electron chi connectivity index (χ1n) is 29.9. The first-order chi connectivity index (χ1) is 34.3. The third-order valence-corrected chi connectivity index (χ3v) is 13.9. The van der Waals surface area contributed by atoms with Gasteiger partial charge in [0.2, 0.25) is 11.8 Å². The molecule has 0 aliphatic carbocycles. The molecule has 0 heterocycles. The van der Waals surface area contributed by atoms with E-state index in [9.17, 15) is 24.3 Å². The van der Waals surface area contributed by atoms with Crippen molar-refractivity contribution in [3.63, 3.8) is 0 Å². The van der Waals surface area contributed by atoms with E-state index in [2.05, 4.69) is 86.9 Å². The standard InChI is InChI=1S/C62H113N3O6/c1-8-11-13-15-17-19-21-23-25-30-34-38-42-46-50-54-58(66)63-62(10-3,64-59(67)55-51-47-43-39-35-31-26-24-22-20-18-16-14-12-9-2)71-61(70)65(6,7)57(60(68)69)53-49-45-41-37-33-29-27-28-32-36-40-44-48-52-56(4)5/h17-20,23-26,56-57H,8-16,21-22,27-55H2,1-7H3,(H2-,63,64,66,67,68,69)/p+1. The molecule has 3 N–H and O–H groups in total. The lowest BCUT2D eigenvalue weighted by Gasteiger charge is -2.38. The number of carboxylic acids is 1. The van der Waals surface area contributed by atoms with Crippen molar-refractivity contribution in [2.24, 2.45) is 5.92 Å². The second kappa shape index (κ2) is 47.8. The largest absolute Gasteiger partial charge is 0.519 e. The molecule has 0 aromatic rings. The van der Waals surface area contributed by atoms with Gasteiger partial charge in [-0.05, 0) is 89.4 Å². The molecule has 0 aliphatic heterocycles. The number of likely N-dealkylation sites (N-methyl/N-ethyl adjacent to an activating group) is 1. The van der Waals surface area contributed by atoms with Crippen molar-refractivity contribution in [2.45, 2.75) is 303 Å². The zero-order valence-corrected chi connectivity index (χ0v) is 47.5. The Bertz CT molecular complexity index is 1360. The fourth-order valence-electron chi connectivity index (χ4n) is 9.05. The highest BCUT2D eigenvalue weighted by Crippen LogP contribution is 2.23. The van der Waals surface area contributed by atoms with E-state index in [1.54, 1.807) is 21.0 Å². The minimum atomic E-state index is -1.79. The van der Waals surface area contributed by atoms with Crippen LogP contribution in [0.2, 0.25) is 0 Å². The number of unbranched alkanes of at least 4 members (excludes halogenated alkanes) is 28. The normalized spacial score (nSPS) is 13.5. The van der Waals surface area contributed by atoms with Crippen molar-refractivity contribution in [1.29, 1.82) is 0 Å². The van der Waals surface area contributed by atoms with Gasteiger partial charge in [0, 0.05) is 25.7 Å². The Balaban J connectivity index is 5.20. The molecular weight excluding hydrogens is 883 g/mol. The molecule has 0 aliphatic rings. The molecule has 0 spiro atoms. The summed E-state index contributed by atoms with van der Waals surface area (Å²) >= 11 is 0. The minimum Gasteiger partial charge on any atom is -0.477 e.